The molecule has 1 aliphatic heterocycles. The summed E-state index contributed by atoms with van der Waals surface area (Å²) in [5.41, 5.74) is -2.75. The molecule has 0 amide bonds. The number of fused-ring (bicyclic) bond motifs is 2. The number of nitro groups is 2. The Morgan fingerprint density at radius 1 is 1.11 bits per heavy atom. The van der Waals surface area contributed by atoms with Gasteiger partial charge >= 0.3 is 41.2 Å². The van der Waals surface area contributed by atoms with Crippen molar-refractivity contribution in [3.05, 3.63) is 50.1 Å². The van der Waals surface area contributed by atoms with Gasteiger partial charge in [0, 0.05) is 0 Å². The fraction of sp³-hybridized carbons (Fsp3) is 0. The van der Waals surface area contributed by atoms with Crippen LogP contribution in [-0.2, 0) is 10.1 Å². The molecule has 2 aromatic carbocycles. The summed E-state index contributed by atoms with van der Waals surface area (Å²) >= 11 is 0. The number of nitrogens with one attached hydrogen (secondary N) is 1. The van der Waals surface area contributed by atoms with Gasteiger partial charge in [0.15, 0.2) is 17.2 Å². The van der Waals surface area contributed by atoms with Crippen molar-refractivity contribution in [1.82, 2.24) is 0 Å². The number of anilines is 2. The van der Waals surface area contributed by atoms with Gasteiger partial charge < -0.3 is 15.2 Å². The molecule has 1 aliphatic rings. The van der Waals surface area contributed by atoms with Crippen molar-refractivity contribution in [1.29, 1.82) is 0 Å². The molecular weight excluding hydrogens is 413 g/mol. The molecule has 2 aromatic rings. The Balaban J connectivity index is 0.00000280. The number of rotatable bonds is 4. The van der Waals surface area contributed by atoms with E-state index in [1.807, 2.05) is 0 Å². The average molecular weight is 420 g/mol. The van der Waals surface area contributed by atoms with Crippen LogP contribution < -0.4 is 39.6 Å². The molecule has 28 heavy (non-hydrogen) atoms. The van der Waals surface area contributed by atoms with Crippen molar-refractivity contribution in [3.8, 4) is 11.5 Å². The molecule has 0 saturated heterocycles. The molecule has 0 radical (unpaired) electrons. The van der Waals surface area contributed by atoms with Gasteiger partial charge in [0.05, 0.1) is 32.6 Å². The Hall–Kier alpha value is -2.78. The average Bonchev–Trinajstić information content (AvgIpc) is 2.56. The summed E-state index contributed by atoms with van der Waals surface area (Å²) in [6.07, 6.45) is 0. The summed E-state index contributed by atoms with van der Waals surface area (Å²) in [4.78, 5) is 31.0. The Morgan fingerprint density at radius 2 is 1.75 bits per heavy atom. The smallest absolute Gasteiger partial charge is 0.478 e. The van der Waals surface area contributed by atoms with Crippen LogP contribution >= 0.6 is 0 Å². The van der Waals surface area contributed by atoms with Crippen LogP contribution in [0.4, 0.5) is 22.7 Å². The van der Waals surface area contributed by atoms with Crippen molar-refractivity contribution in [2.24, 2.45) is 0 Å². The third-order valence-electron chi connectivity index (χ3n) is 3.54. The van der Waals surface area contributed by atoms with Gasteiger partial charge in [-0.2, -0.15) is 8.42 Å². The first-order valence-electron chi connectivity index (χ1n) is 6.79. The number of non-ortho nitro benzene ring substituents is 1. The second-order valence-corrected chi connectivity index (χ2v) is 6.63. The van der Waals surface area contributed by atoms with Crippen LogP contribution in [0.25, 0.3) is 0 Å². The molecule has 0 unspecified atom stereocenters. The Labute approximate surface area is 177 Å². The fourth-order valence-electron chi connectivity index (χ4n) is 2.40. The predicted octanol–water partition coefficient (Wildman–Crippen LogP) is -0.699. The maximum Gasteiger partial charge on any atom is 1.00 e. The molecule has 3 N–H and O–H groups in total. The van der Waals surface area contributed by atoms with Crippen molar-refractivity contribution in [3.63, 3.8) is 0 Å². The first-order valence-corrected chi connectivity index (χ1v) is 8.23. The number of nitrogens with zero attached hydrogens (tertiary/aromatic N) is 2. The van der Waals surface area contributed by atoms with E-state index in [9.17, 15) is 38.5 Å². The number of carboxylic acid groups (broad SMARTS) is 1. The Morgan fingerprint density at radius 3 is 2.25 bits per heavy atom. The van der Waals surface area contributed by atoms with E-state index < -0.39 is 59.3 Å². The first kappa shape index (κ1) is 21.5. The van der Waals surface area contributed by atoms with Crippen molar-refractivity contribution < 1.29 is 67.0 Å². The monoisotopic (exact) mass is 420 g/mol. The van der Waals surface area contributed by atoms with E-state index in [0.29, 0.717) is 12.1 Å². The second-order valence-electron chi connectivity index (χ2n) is 5.21. The molecular formula is C13H7N3NaO10S+. The van der Waals surface area contributed by atoms with E-state index in [1.165, 1.54) is 0 Å². The van der Waals surface area contributed by atoms with E-state index >= 15 is 0 Å². The topological polar surface area (TPSA) is 199 Å². The van der Waals surface area contributed by atoms with E-state index in [1.54, 1.807) is 0 Å². The minimum atomic E-state index is -4.80. The van der Waals surface area contributed by atoms with Crippen LogP contribution in [0, 0.1) is 20.2 Å². The van der Waals surface area contributed by atoms with Gasteiger partial charge in [-0.05, 0) is 12.1 Å². The van der Waals surface area contributed by atoms with E-state index in [4.69, 9.17) is 9.29 Å². The van der Waals surface area contributed by atoms with Crippen LogP contribution in [0.1, 0.15) is 10.4 Å². The van der Waals surface area contributed by atoms with E-state index in [2.05, 4.69) is 5.32 Å². The molecule has 0 spiro atoms. The predicted molar refractivity (Wildman–Crippen MR) is 86.3 cm³/mol. The minimum absolute atomic E-state index is 0. The SMILES string of the molecule is O=C(O)c1cc(S(=O)(=O)O)cc2c1Oc1cc([N+](=O)[O-])cc([N+](=O)[O-])c1N2.[Na+]. The fourth-order valence-corrected chi connectivity index (χ4v) is 2.93. The zero-order valence-electron chi connectivity index (χ0n) is 13.8. The van der Waals surface area contributed by atoms with Crippen LogP contribution in [0.5, 0.6) is 11.5 Å². The van der Waals surface area contributed by atoms with Gasteiger partial charge in [-0.1, -0.05) is 0 Å². The summed E-state index contributed by atoms with van der Waals surface area (Å²) in [6.45, 7) is 0. The van der Waals surface area contributed by atoms with Crippen molar-refractivity contribution in [2.45, 2.75) is 4.90 Å². The molecule has 13 nitrogen and oxygen atoms in total. The Bertz CT molecular complexity index is 1150. The number of hydrogen-bond donors (Lipinski definition) is 3. The molecule has 140 valence electrons. The minimum Gasteiger partial charge on any atom is -0.478 e. The van der Waals surface area contributed by atoms with Crippen LogP contribution in [0.3, 0.4) is 0 Å². The summed E-state index contributed by atoms with van der Waals surface area (Å²) in [5, 5.41) is 33.9. The molecule has 0 fully saturated rings. The van der Waals surface area contributed by atoms with E-state index in [0.717, 1.165) is 12.1 Å². The molecule has 0 saturated carbocycles. The molecule has 1 heterocycles. The van der Waals surface area contributed by atoms with Crippen molar-refractivity contribution >= 4 is 38.8 Å². The van der Waals surface area contributed by atoms with Gasteiger partial charge in [0.1, 0.15) is 5.56 Å². The van der Waals surface area contributed by atoms with Gasteiger partial charge in [-0.25, -0.2) is 4.79 Å². The summed E-state index contributed by atoms with van der Waals surface area (Å²) < 4.78 is 37.1. The maximum atomic E-state index is 11.4. The molecule has 0 bridgehead atoms. The number of benzene rings is 2. The zero-order chi connectivity index (χ0) is 20.1. The number of carbonyl (C=O) groups is 1. The quantitative estimate of drug-likeness (QED) is 0.209. The number of ether oxygens (including phenoxy) is 1. The van der Waals surface area contributed by atoms with Gasteiger partial charge in [-0.3, -0.25) is 24.8 Å². The number of aromatic carboxylic acids is 1. The van der Waals surface area contributed by atoms with Crippen LogP contribution in [0.2, 0.25) is 0 Å². The molecule has 0 aliphatic carbocycles. The van der Waals surface area contributed by atoms with Gasteiger partial charge in [0.25, 0.3) is 15.8 Å². The largest absolute Gasteiger partial charge is 1.00 e. The van der Waals surface area contributed by atoms with Crippen molar-refractivity contribution in [2.75, 3.05) is 5.32 Å². The van der Waals surface area contributed by atoms with E-state index in [-0.39, 0.29) is 40.9 Å². The molecule has 3 rings (SSSR count). The van der Waals surface area contributed by atoms with Crippen LogP contribution in [-0.4, -0.2) is 33.9 Å². The molecule has 0 atom stereocenters. The first-order chi connectivity index (χ1) is 12.5. The summed E-state index contributed by atoms with van der Waals surface area (Å²) in [5.74, 6) is -2.45. The number of nitro benzene ring substituents is 2. The number of hydrogen-bond acceptors (Lipinski definition) is 9. The second kappa shape index (κ2) is 7.33. The van der Waals surface area contributed by atoms with Gasteiger partial charge in [-0.15, -0.1) is 0 Å². The Kier molecular flexibility index (Phi) is 5.63. The van der Waals surface area contributed by atoms with Crippen LogP contribution in [0.15, 0.2) is 29.2 Å². The summed E-state index contributed by atoms with van der Waals surface area (Å²) in [7, 11) is -4.80. The molecule has 15 heteroatoms. The maximum absolute atomic E-state index is 11.4. The number of carboxylic acids is 1. The third kappa shape index (κ3) is 3.76. The normalized spacial score (nSPS) is 11.8. The summed E-state index contributed by atoms with van der Waals surface area (Å²) in [6, 6.07) is 2.94. The van der Waals surface area contributed by atoms with Gasteiger partial charge in [0.2, 0.25) is 0 Å². The zero-order valence-corrected chi connectivity index (χ0v) is 16.6. The molecule has 0 aromatic heterocycles. The standard InChI is InChI=1S/C13H7N3O10S.Na/c17-13(18)7-3-6(27(23,24)25)4-8-12(7)26-10-2-5(15(19)20)1-9(16(21)22)11(10)14-8;/h1-4,14H,(H,17,18)(H,23,24,25);/q;+1. The third-order valence-corrected chi connectivity index (χ3v) is 4.37.